The van der Waals surface area contributed by atoms with Gasteiger partial charge in [0.1, 0.15) is 5.75 Å². The van der Waals surface area contributed by atoms with E-state index in [4.69, 9.17) is 14.2 Å². The Bertz CT molecular complexity index is 568. The van der Waals surface area contributed by atoms with Crippen LogP contribution >= 0.6 is 0 Å². The molecule has 6 heteroatoms. The molecule has 0 spiro atoms. The van der Waals surface area contributed by atoms with Crippen molar-refractivity contribution in [2.45, 2.75) is 6.42 Å². The molecule has 1 heterocycles. The van der Waals surface area contributed by atoms with Gasteiger partial charge in [0.25, 0.3) is 0 Å². The van der Waals surface area contributed by atoms with Crippen molar-refractivity contribution in [3.05, 3.63) is 35.9 Å². The minimum absolute atomic E-state index is 0.464. The van der Waals surface area contributed by atoms with E-state index in [1.165, 1.54) is 5.56 Å². The molecule has 0 aliphatic heterocycles. The number of nitrogens with one attached hydrogen (secondary N) is 1. The predicted octanol–water partition coefficient (Wildman–Crippen LogP) is 2.16. The zero-order valence-corrected chi connectivity index (χ0v) is 12.4. The topological polar surface area (TPSA) is 65.5 Å². The zero-order chi connectivity index (χ0) is 15.1. The van der Waals surface area contributed by atoms with Crippen LogP contribution in [0, 0.1) is 0 Å². The summed E-state index contributed by atoms with van der Waals surface area (Å²) in [6.45, 7) is 0.698. The molecule has 112 valence electrons. The Morgan fingerprint density at radius 3 is 2.29 bits per heavy atom. The summed E-state index contributed by atoms with van der Waals surface area (Å²) in [6.07, 6.45) is 0.833. The van der Waals surface area contributed by atoms with Gasteiger partial charge in [0.05, 0.1) is 27.4 Å². The molecule has 0 saturated carbocycles. The van der Waals surface area contributed by atoms with Crippen molar-refractivity contribution >= 4 is 5.95 Å². The van der Waals surface area contributed by atoms with E-state index >= 15 is 0 Å². The minimum Gasteiger partial charge on any atom is -0.497 e. The molecule has 0 saturated heterocycles. The zero-order valence-electron chi connectivity index (χ0n) is 12.4. The highest BCUT2D eigenvalue weighted by Gasteiger charge is 2.05. The maximum Gasteiger partial charge on any atom is 0.229 e. The number of hydrogen-bond donors (Lipinski definition) is 1. The predicted molar refractivity (Wildman–Crippen MR) is 80.3 cm³/mol. The van der Waals surface area contributed by atoms with Crippen LogP contribution in [0.3, 0.4) is 0 Å². The lowest BCUT2D eigenvalue weighted by Crippen LogP contribution is -2.09. The van der Waals surface area contributed by atoms with E-state index in [0.717, 1.165) is 12.2 Å². The van der Waals surface area contributed by atoms with Crippen molar-refractivity contribution < 1.29 is 14.2 Å². The minimum atomic E-state index is 0.464. The molecule has 2 rings (SSSR count). The van der Waals surface area contributed by atoms with Crippen LogP contribution in [0.5, 0.6) is 17.5 Å². The van der Waals surface area contributed by atoms with Crippen molar-refractivity contribution in [1.82, 2.24) is 9.97 Å². The van der Waals surface area contributed by atoms with Gasteiger partial charge in [-0.15, -0.1) is 0 Å². The van der Waals surface area contributed by atoms with Crippen molar-refractivity contribution in [3.63, 3.8) is 0 Å². The molecular weight excluding hydrogens is 270 g/mol. The molecule has 0 unspecified atom stereocenters. The third-order valence-corrected chi connectivity index (χ3v) is 2.93. The number of hydrogen-bond acceptors (Lipinski definition) is 6. The molecule has 2 aromatic rings. The molecule has 21 heavy (non-hydrogen) atoms. The van der Waals surface area contributed by atoms with Crippen LogP contribution in [0.2, 0.25) is 0 Å². The maximum absolute atomic E-state index is 5.20. The fourth-order valence-electron chi connectivity index (χ4n) is 1.84. The highest BCUT2D eigenvalue weighted by Crippen LogP contribution is 2.17. The van der Waals surface area contributed by atoms with Gasteiger partial charge in [0.2, 0.25) is 17.7 Å². The van der Waals surface area contributed by atoms with Gasteiger partial charge in [-0.2, -0.15) is 9.97 Å². The van der Waals surface area contributed by atoms with E-state index in [9.17, 15) is 0 Å². The molecule has 0 fully saturated rings. The van der Waals surface area contributed by atoms with Crippen LogP contribution < -0.4 is 19.5 Å². The number of rotatable bonds is 7. The lowest BCUT2D eigenvalue weighted by molar-refractivity contribution is 0.373. The highest BCUT2D eigenvalue weighted by molar-refractivity contribution is 5.34. The summed E-state index contributed by atoms with van der Waals surface area (Å²) in [5, 5.41) is 3.16. The Morgan fingerprint density at radius 1 is 0.952 bits per heavy atom. The third kappa shape index (κ3) is 4.24. The first-order chi connectivity index (χ1) is 10.2. The molecule has 0 radical (unpaired) electrons. The Morgan fingerprint density at radius 2 is 1.67 bits per heavy atom. The van der Waals surface area contributed by atoms with Gasteiger partial charge in [-0.05, 0) is 24.1 Å². The van der Waals surface area contributed by atoms with Crippen molar-refractivity contribution in [2.75, 3.05) is 33.2 Å². The summed E-state index contributed by atoms with van der Waals surface area (Å²) < 4.78 is 15.4. The van der Waals surface area contributed by atoms with Gasteiger partial charge in [0, 0.05) is 6.54 Å². The molecule has 0 aliphatic carbocycles. The van der Waals surface area contributed by atoms with Crippen molar-refractivity contribution in [2.24, 2.45) is 0 Å². The molecule has 0 atom stereocenters. The second kappa shape index (κ2) is 7.33. The third-order valence-electron chi connectivity index (χ3n) is 2.93. The first kappa shape index (κ1) is 14.9. The van der Waals surface area contributed by atoms with Crippen LogP contribution in [-0.2, 0) is 6.42 Å². The van der Waals surface area contributed by atoms with Crippen LogP contribution in [0.15, 0.2) is 30.3 Å². The quantitative estimate of drug-likeness (QED) is 0.842. The molecule has 1 aromatic heterocycles. The standard InChI is InChI=1S/C15H19N3O3/c1-19-12-6-4-5-11(9-12)7-8-16-15-17-13(20-2)10-14(18-15)21-3/h4-6,9-10H,7-8H2,1-3H3,(H,16,17,18). The smallest absolute Gasteiger partial charge is 0.229 e. The second-order valence-electron chi connectivity index (χ2n) is 4.30. The summed E-state index contributed by atoms with van der Waals surface area (Å²) in [5.41, 5.74) is 1.18. The number of anilines is 1. The molecule has 6 nitrogen and oxygen atoms in total. The van der Waals surface area contributed by atoms with Crippen molar-refractivity contribution in [3.8, 4) is 17.5 Å². The van der Waals surface area contributed by atoms with Crippen LogP contribution in [-0.4, -0.2) is 37.8 Å². The molecule has 0 amide bonds. The Kier molecular flexibility index (Phi) is 5.20. The summed E-state index contributed by atoms with van der Waals surface area (Å²) in [5.74, 6) is 2.26. The molecule has 1 N–H and O–H groups in total. The van der Waals surface area contributed by atoms with Crippen LogP contribution in [0.4, 0.5) is 5.95 Å². The van der Waals surface area contributed by atoms with Gasteiger partial charge >= 0.3 is 0 Å². The van der Waals surface area contributed by atoms with E-state index in [1.807, 2.05) is 18.2 Å². The molecule has 1 aromatic carbocycles. The summed E-state index contributed by atoms with van der Waals surface area (Å²) in [4.78, 5) is 8.43. The maximum atomic E-state index is 5.20. The Balaban J connectivity index is 1.96. The Labute approximate surface area is 124 Å². The Hall–Kier alpha value is -2.50. The summed E-state index contributed by atoms with van der Waals surface area (Å²) >= 11 is 0. The summed E-state index contributed by atoms with van der Waals surface area (Å²) in [7, 11) is 4.78. The fourth-order valence-corrected chi connectivity index (χ4v) is 1.84. The lowest BCUT2D eigenvalue weighted by atomic mass is 10.1. The van der Waals surface area contributed by atoms with Gasteiger partial charge in [-0.3, -0.25) is 0 Å². The van der Waals surface area contributed by atoms with Gasteiger partial charge in [0.15, 0.2) is 0 Å². The van der Waals surface area contributed by atoms with Gasteiger partial charge in [-0.1, -0.05) is 12.1 Å². The number of nitrogens with zero attached hydrogens (tertiary/aromatic N) is 2. The number of aromatic nitrogens is 2. The first-order valence-electron chi connectivity index (χ1n) is 6.59. The number of methoxy groups -OCH3 is 3. The van der Waals surface area contributed by atoms with Gasteiger partial charge in [-0.25, -0.2) is 0 Å². The first-order valence-corrected chi connectivity index (χ1v) is 6.59. The molecular formula is C15H19N3O3. The van der Waals surface area contributed by atoms with E-state index < -0.39 is 0 Å². The lowest BCUT2D eigenvalue weighted by Gasteiger charge is -2.09. The number of benzene rings is 1. The summed E-state index contributed by atoms with van der Waals surface area (Å²) in [6, 6.07) is 9.59. The SMILES string of the molecule is COc1cccc(CCNc2nc(OC)cc(OC)n2)c1. The number of ether oxygens (including phenoxy) is 3. The molecule has 0 bridgehead atoms. The highest BCUT2D eigenvalue weighted by atomic mass is 16.5. The average molecular weight is 289 g/mol. The van der Waals surface area contributed by atoms with Crippen LogP contribution in [0.1, 0.15) is 5.56 Å². The van der Waals surface area contributed by atoms with E-state index in [1.54, 1.807) is 27.4 Å². The van der Waals surface area contributed by atoms with E-state index in [0.29, 0.717) is 24.3 Å². The van der Waals surface area contributed by atoms with E-state index in [-0.39, 0.29) is 0 Å². The second-order valence-corrected chi connectivity index (χ2v) is 4.30. The normalized spacial score (nSPS) is 10.0. The molecule has 0 aliphatic rings. The monoisotopic (exact) mass is 289 g/mol. The van der Waals surface area contributed by atoms with Crippen molar-refractivity contribution in [1.29, 1.82) is 0 Å². The fraction of sp³-hybridized carbons (Fsp3) is 0.333. The largest absolute Gasteiger partial charge is 0.497 e. The van der Waals surface area contributed by atoms with Gasteiger partial charge < -0.3 is 19.5 Å². The van der Waals surface area contributed by atoms with Crippen LogP contribution in [0.25, 0.3) is 0 Å². The average Bonchev–Trinajstić information content (AvgIpc) is 2.54. The van der Waals surface area contributed by atoms with E-state index in [2.05, 4.69) is 21.4 Å².